The van der Waals surface area contributed by atoms with E-state index in [-0.39, 0.29) is 0 Å². The summed E-state index contributed by atoms with van der Waals surface area (Å²) >= 11 is 0. The van der Waals surface area contributed by atoms with E-state index in [2.05, 4.69) is 16.0 Å². The summed E-state index contributed by atoms with van der Waals surface area (Å²) in [6, 6.07) is -5.47. The van der Waals surface area contributed by atoms with Gasteiger partial charge in [-0.05, 0) is 6.92 Å². The maximum Gasteiger partial charge on any atom is 0.364 e. The number of ether oxygens (including phenoxy) is 13. The summed E-state index contributed by atoms with van der Waals surface area (Å²) in [6.45, 7) is -2.42. The lowest BCUT2D eigenvalue weighted by molar-refractivity contribution is -0.404. The van der Waals surface area contributed by atoms with Gasteiger partial charge in [0.15, 0.2) is 37.7 Å². The number of nitrogens with one attached hydrogen (secondary N) is 3. The monoisotopic (exact) mass is 1350 g/mol. The zero-order valence-electron chi connectivity index (χ0n) is 49.5. The number of aliphatic carboxylic acids is 1. The van der Waals surface area contributed by atoms with Gasteiger partial charge in [-0.3, -0.25) is 14.4 Å². The molecule has 41 heteroatoms. The van der Waals surface area contributed by atoms with Crippen LogP contribution in [0.3, 0.4) is 0 Å². The minimum absolute atomic E-state index is 0.823. The minimum atomic E-state index is -3.40. The van der Waals surface area contributed by atoms with E-state index in [0.717, 1.165) is 20.8 Å². The zero-order valence-corrected chi connectivity index (χ0v) is 49.5. The molecule has 7 aliphatic heterocycles. The third kappa shape index (κ3) is 16.4. The minimum Gasteiger partial charge on any atom is -0.477 e. The first kappa shape index (κ1) is 75.9. The lowest BCUT2D eigenvalue weighted by Gasteiger charge is -2.52. The van der Waals surface area contributed by atoms with E-state index in [9.17, 15) is 126 Å². The number of carbonyl (C=O) groups is 4. The highest BCUT2D eigenvalue weighted by Gasteiger charge is 2.62. The van der Waals surface area contributed by atoms with Crippen LogP contribution in [0.4, 0.5) is 0 Å². The molecular weight excluding hydrogens is 1260 g/mol. The Morgan fingerprint density at radius 3 is 1.47 bits per heavy atom. The Kier molecular flexibility index (Phi) is 26.6. The SMILES string of the molecule is CC(=O)N[C@@H]1[C@@H](O[C@@H]2O[C@H](CO)[C@H](O[C@@H]3O[C@H](CO)[C@H](O)[C@@H](O)[C@H]3O)[C@H](O[C@]3(C(=O)O)C[C@H](O)[C@@H](O)[C@H]([C@H](O)[C@H](O)CO)O3)[C@H]2O)[C@@H](O)[C@@H](CO[C@@H]2O[C@H](CO)[C@@H](O[C@@H]3O[C@@H](C)[C@@H](O)[C@@H](O)[C@@H]3O)[C@H](O[C@@H]3O[C@H](CO)[C@@H](O)[C@H](O)[C@H]3NC(C)=O)[C@H]2NC(C)=O)O[C@H]1O. The fourth-order valence-corrected chi connectivity index (χ4v) is 11.7. The highest BCUT2D eigenvalue weighted by Crippen LogP contribution is 2.41. The normalized spacial score (nSPS) is 47.6. The van der Waals surface area contributed by atoms with Crippen LogP contribution in [-0.2, 0) is 80.8 Å². The number of carboxylic acid groups (broad SMARTS) is 1. The summed E-state index contributed by atoms with van der Waals surface area (Å²) in [5.74, 6) is -8.28. The van der Waals surface area contributed by atoms with Crippen LogP contribution in [0.1, 0.15) is 34.1 Å². The molecule has 41 nitrogen and oxygen atoms in total. The van der Waals surface area contributed by atoms with E-state index in [1.807, 2.05) is 0 Å². The molecule has 92 heavy (non-hydrogen) atoms. The molecule has 0 spiro atoms. The van der Waals surface area contributed by atoms with Gasteiger partial charge in [-0.15, -0.1) is 0 Å². The van der Waals surface area contributed by atoms with Crippen molar-refractivity contribution in [2.75, 3.05) is 39.6 Å². The van der Waals surface area contributed by atoms with Crippen molar-refractivity contribution in [1.29, 1.82) is 0 Å². The zero-order chi connectivity index (χ0) is 68.3. The summed E-state index contributed by atoms with van der Waals surface area (Å²) in [7, 11) is 0. The van der Waals surface area contributed by atoms with Crippen molar-refractivity contribution in [2.24, 2.45) is 0 Å². The lowest BCUT2D eigenvalue weighted by atomic mass is 9.90. The Morgan fingerprint density at radius 1 is 0.467 bits per heavy atom. The summed E-state index contributed by atoms with van der Waals surface area (Å²) < 4.78 is 76.7. The van der Waals surface area contributed by atoms with Crippen LogP contribution in [0.5, 0.6) is 0 Å². The Labute approximate surface area is 520 Å². The second-order valence-electron chi connectivity index (χ2n) is 23.2. The van der Waals surface area contributed by atoms with E-state index in [1.54, 1.807) is 0 Å². The molecule has 7 heterocycles. The molecule has 0 aromatic heterocycles. The Morgan fingerprint density at radius 2 is 0.924 bits per heavy atom. The van der Waals surface area contributed by atoms with Crippen molar-refractivity contribution in [3.63, 3.8) is 0 Å². The first-order valence-electron chi connectivity index (χ1n) is 29.1. The predicted molar refractivity (Wildman–Crippen MR) is 282 cm³/mol. The van der Waals surface area contributed by atoms with Gasteiger partial charge in [-0.2, -0.15) is 0 Å². The topological polar surface area (TPSA) is 649 Å². The van der Waals surface area contributed by atoms with E-state index < -0.39 is 290 Å². The average Bonchev–Trinajstić information content (AvgIpc) is 0.763. The molecule has 24 N–H and O–H groups in total. The van der Waals surface area contributed by atoms with Crippen LogP contribution >= 0.6 is 0 Å². The van der Waals surface area contributed by atoms with Crippen molar-refractivity contribution in [1.82, 2.24) is 16.0 Å². The van der Waals surface area contributed by atoms with Gasteiger partial charge in [0.1, 0.15) is 165 Å². The third-order valence-electron chi connectivity index (χ3n) is 16.7. The van der Waals surface area contributed by atoms with E-state index >= 15 is 0 Å². The van der Waals surface area contributed by atoms with Crippen molar-refractivity contribution in [2.45, 2.75) is 254 Å². The number of rotatable bonds is 24. The number of carboxylic acids is 1. The van der Waals surface area contributed by atoms with Gasteiger partial charge in [-0.25, -0.2) is 4.79 Å². The molecule has 0 aliphatic carbocycles. The smallest absolute Gasteiger partial charge is 0.364 e. The molecule has 0 aromatic rings. The molecule has 7 saturated heterocycles. The number of aliphatic hydroxyl groups is 20. The highest BCUT2D eigenvalue weighted by atomic mass is 16.8. The third-order valence-corrected chi connectivity index (χ3v) is 16.7. The molecule has 532 valence electrons. The van der Waals surface area contributed by atoms with E-state index in [1.165, 1.54) is 6.92 Å². The molecule has 0 aromatic carbocycles. The highest BCUT2D eigenvalue weighted by molar-refractivity contribution is 5.76. The number of aliphatic hydroxyl groups excluding tert-OH is 20. The van der Waals surface area contributed by atoms with E-state index in [4.69, 9.17) is 61.6 Å². The summed E-state index contributed by atoms with van der Waals surface area (Å²) in [5.41, 5.74) is 0. The standard InChI is InChI=1S/C51H85N3O38/c1-12-26(65)33(72)35(74)47(81-12)87-38-20(9-58)85-45(25(54-15(4)62)41(38)90-46-23(52-13(2)60)32(71)29(68)18(7-56)83-46)80-11-22-31(70)40(24(44(77)82-22)53-14(3)61)89-49-37(76)43(39(21(10-59)86-49)88-48-36(75)34(73)30(69)19(8-57)84-48)92-51(50(78)79)5-16(63)27(66)42(91-51)28(67)17(64)6-55/h12,16-49,55-59,63-77H,5-11H2,1-4H3,(H,52,60)(H,53,61)(H,54,62)(H,78,79)/t12-,16-,17+,18+,19+,20+,21+,22+,23+,24+,25+,26+,27+,28+,29+,30-,31-,32+,33+,34+,35-,36+,37+,38+,39-,40+,41+,42+,43+,44+,45+,46-,47-,48-,49-,51-/m0/s1. The van der Waals surface area contributed by atoms with Gasteiger partial charge >= 0.3 is 5.97 Å². The summed E-state index contributed by atoms with van der Waals surface area (Å²) in [5, 5.41) is 235. The van der Waals surface area contributed by atoms with Crippen molar-refractivity contribution < 1.29 is 188 Å². The van der Waals surface area contributed by atoms with Gasteiger partial charge in [0.25, 0.3) is 5.79 Å². The lowest BCUT2D eigenvalue weighted by Crippen LogP contribution is -2.71. The van der Waals surface area contributed by atoms with E-state index in [0.29, 0.717) is 0 Å². The number of hydrogen-bond donors (Lipinski definition) is 24. The molecule has 7 aliphatic rings. The first-order valence-corrected chi connectivity index (χ1v) is 29.1. The fourth-order valence-electron chi connectivity index (χ4n) is 11.7. The molecule has 0 unspecified atom stereocenters. The fraction of sp³-hybridized carbons (Fsp3) is 0.922. The molecule has 0 bridgehead atoms. The Bertz CT molecular complexity index is 2400. The number of amides is 3. The second kappa shape index (κ2) is 32.3. The first-order chi connectivity index (χ1) is 43.3. The number of carbonyl (C=O) groups excluding carboxylic acids is 3. The summed E-state index contributed by atoms with van der Waals surface area (Å²) in [6.07, 6.45) is -67.4. The van der Waals surface area contributed by atoms with Gasteiger partial charge in [0.05, 0.1) is 51.8 Å². The Balaban J connectivity index is 1.24. The number of hydrogen-bond acceptors (Lipinski definition) is 37. The van der Waals surface area contributed by atoms with Gasteiger partial charge in [0, 0.05) is 27.2 Å². The van der Waals surface area contributed by atoms with Gasteiger partial charge < -0.3 is 185 Å². The molecule has 0 radical (unpaired) electrons. The quantitative estimate of drug-likeness (QED) is 0.0427. The van der Waals surface area contributed by atoms with Gasteiger partial charge in [0.2, 0.25) is 17.7 Å². The maximum atomic E-state index is 13.4. The van der Waals surface area contributed by atoms with Crippen molar-refractivity contribution in [3.05, 3.63) is 0 Å². The largest absolute Gasteiger partial charge is 0.477 e. The van der Waals surface area contributed by atoms with Crippen LogP contribution in [0, 0.1) is 0 Å². The van der Waals surface area contributed by atoms with Crippen molar-refractivity contribution >= 4 is 23.7 Å². The molecule has 7 rings (SSSR count). The maximum absolute atomic E-state index is 13.4. The molecule has 36 atom stereocenters. The molecular formula is C51H85N3O38. The van der Waals surface area contributed by atoms with Crippen LogP contribution in [-0.4, -0.2) is 391 Å². The average molecular weight is 1350 g/mol. The van der Waals surface area contributed by atoms with Crippen LogP contribution in [0.15, 0.2) is 0 Å². The predicted octanol–water partition coefficient (Wildman–Crippen LogP) is -15.6. The summed E-state index contributed by atoms with van der Waals surface area (Å²) in [4.78, 5) is 51.8. The van der Waals surface area contributed by atoms with Crippen LogP contribution < -0.4 is 16.0 Å². The molecule has 0 saturated carbocycles. The Hall–Kier alpha value is -3.44. The van der Waals surface area contributed by atoms with Gasteiger partial charge in [-0.1, -0.05) is 0 Å². The molecule has 7 fully saturated rings. The van der Waals surface area contributed by atoms with Crippen LogP contribution in [0.2, 0.25) is 0 Å². The van der Waals surface area contributed by atoms with Crippen molar-refractivity contribution in [3.8, 4) is 0 Å². The molecule has 3 amide bonds. The second-order valence-corrected chi connectivity index (χ2v) is 23.2. The van der Waals surface area contributed by atoms with Crippen LogP contribution in [0.25, 0.3) is 0 Å².